The number of nitrogens with zero attached hydrogens (tertiary/aromatic N) is 7. The molecular formula is C26H23ClFN9O3. The molecule has 1 fully saturated rings. The lowest BCUT2D eigenvalue weighted by Crippen LogP contribution is -2.39. The first-order chi connectivity index (χ1) is 19.4. The van der Waals surface area contributed by atoms with Crippen LogP contribution in [0.15, 0.2) is 49.2 Å². The number of nitrogens with one attached hydrogen (secondary N) is 2. The molecule has 0 bridgehead atoms. The van der Waals surface area contributed by atoms with Crippen LogP contribution in [0.25, 0.3) is 22.5 Å². The molecule has 0 spiro atoms. The van der Waals surface area contributed by atoms with E-state index in [1.165, 1.54) is 23.2 Å². The molecule has 1 saturated heterocycles. The van der Waals surface area contributed by atoms with Gasteiger partial charge in [0.05, 0.1) is 40.9 Å². The average Bonchev–Trinajstić information content (AvgIpc) is 3.71. The van der Waals surface area contributed by atoms with E-state index in [9.17, 15) is 9.59 Å². The molecule has 0 unspecified atom stereocenters. The van der Waals surface area contributed by atoms with Crippen LogP contribution in [-0.2, 0) is 9.53 Å². The Morgan fingerprint density at radius 3 is 2.95 bits per heavy atom. The van der Waals surface area contributed by atoms with Crippen LogP contribution in [0.1, 0.15) is 43.6 Å². The summed E-state index contributed by atoms with van der Waals surface area (Å²) in [6.45, 7) is 1.97. The molecule has 1 aromatic carbocycles. The van der Waals surface area contributed by atoms with Gasteiger partial charge in [0.25, 0.3) is 0 Å². The van der Waals surface area contributed by atoms with Crippen molar-refractivity contribution in [3.05, 3.63) is 71.4 Å². The number of anilines is 1. The lowest BCUT2D eigenvalue weighted by molar-refractivity contribution is -0.129. The summed E-state index contributed by atoms with van der Waals surface area (Å²) < 4.78 is 21.7. The van der Waals surface area contributed by atoms with Crippen LogP contribution in [-0.4, -0.2) is 64.7 Å². The Balaban J connectivity index is 1.29. The molecule has 2 atom stereocenters. The minimum absolute atomic E-state index is 0.0535. The van der Waals surface area contributed by atoms with Gasteiger partial charge in [-0.2, -0.15) is 4.68 Å². The van der Waals surface area contributed by atoms with Crippen molar-refractivity contribution in [2.45, 2.75) is 38.3 Å². The lowest BCUT2D eigenvalue weighted by atomic mass is 9.92. The van der Waals surface area contributed by atoms with Gasteiger partial charge in [0.1, 0.15) is 12.2 Å². The Morgan fingerprint density at radius 1 is 1.27 bits per heavy atom. The van der Waals surface area contributed by atoms with Crippen molar-refractivity contribution in [2.24, 2.45) is 0 Å². The largest absolute Gasteiger partial charge is 0.450 e. The van der Waals surface area contributed by atoms with Gasteiger partial charge in [0.15, 0.2) is 5.82 Å². The van der Waals surface area contributed by atoms with Gasteiger partial charge in [0, 0.05) is 35.6 Å². The van der Waals surface area contributed by atoms with Crippen LogP contribution < -0.4 is 5.32 Å². The molecule has 204 valence electrons. The summed E-state index contributed by atoms with van der Waals surface area (Å²) in [5.74, 6) is -0.271. The number of tetrazole rings is 1. The van der Waals surface area contributed by atoms with E-state index in [1.807, 2.05) is 0 Å². The summed E-state index contributed by atoms with van der Waals surface area (Å²) in [4.78, 5) is 39.3. The highest BCUT2D eigenvalue weighted by Crippen LogP contribution is 2.44. The second-order valence-corrected chi connectivity index (χ2v) is 9.73. The average molecular weight is 564 g/mol. The van der Waals surface area contributed by atoms with E-state index in [0.29, 0.717) is 53.3 Å². The number of carbonyl (C=O) groups is 2. The monoisotopic (exact) mass is 563 g/mol. The number of ether oxygens (including phenoxy) is 1. The van der Waals surface area contributed by atoms with Gasteiger partial charge in [-0.15, -0.1) is 5.10 Å². The summed E-state index contributed by atoms with van der Waals surface area (Å²) in [5.41, 5.74) is 2.90. The fourth-order valence-electron chi connectivity index (χ4n) is 5.34. The SMILES string of the molecule is CCOC(=O)Nc1ccncc1-c1cnc([C@@H]2CC[C@H]3CC(c4c(-n5cnnn5)ccc(Cl)c4F)=CC(=O)N32)[nH]1. The number of imidazole rings is 1. The molecule has 2 aliphatic rings. The van der Waals surface area contributed by atoms with Crippen LogP contribution in [0.2, 0.25) is 5.02 Å². The van der Waals surface area contributed by atoms with E-state index in [4.69, 9.17) is 16.3 Å². The van der Waals surface area contributed by atoms with E-state index in [2.05, 4.69) is 35.8 Å². The van der Waals surface area contributed by atoms with Crippen LogP contribution in [0, 0.1) is 5.82 Å². The summed E-state index contributed by atoms with van der Waals surface area (Å²) in [7, 11) is 0. The van der Waals surface area contributed by atoms with Crippen molar-refractivity contribution >= 4 is 34.9 Å². The zero-order valence-electron chi connectivity index (χ0n) is 21.2. The minimum atomic E-state index is -0.629. The number of hydrogen-bond acceptors (Lipinski definition) is 8. The van der Waals surface area contributed by atoms with E-state index in [-0.39, 0.29) is 35.2 Å². The topological polar surface area (TPSA) is 144 Å². The predicted octanol–water partition coefficient (Wildman–Crippen LogP) is 4.33. The molecule has 40 heavy (non-hydrogen) atoms. The summed E-state index contributed by atoms with van der Waals surface area (Å²) >= 11 is 6.12. The quantitative estimate of drug-likeness (QED) is 0.353. The van der Waals surface area contributed by atoms with E-state index >= 15 is 4.39 Å². The molecule has 6 rings (SSSR count). The highest BCUT2D eigenvalue weighted by atomic mass is 35.5. The highest BCUT2D eigenvalue weighted by Gasteiger charge is 2.42. The molecule has 3 aromatic heterocycles. The van der Waals surface area contributed by atoms with Crippen molar-refractivity contribution < 1.29 is 18.7 Å². The van der Waals surface area contributed by atoms with Gasteiger partial charge in [-0.3, -0.25) is 15.1 Å². The van der Waals surface area contributed by atoms with Crippen LogP contribution in [0.5, 0.6) is 0 Å². The first-order valence-electron chi connectivity index (χ1n) is 12.6. The normalized spacial score (nSPS) is 18.4. The van der Waals surface area contributed by atoms with Crippen molar-refractivity contribution in [3.8, 4) is 16.9 Å². The molecule has 0 aliphatic carbocycles. The summed E-state index contributed by atoms with van der Waals surface area (Å²) in [6, 6.07) is 4.26. The molecule has 14 heteroatoms. The van der Waals surface area contributed by atoms with Gasteiger partial charge < -0.3 is 14.6 Å². The van der Waals surface area contributed by atoms with Gasteiger partial charge >= 0.3 is 6.09 Å². The molecule has 2 N–H and O–H groups in total. The zero-order chi connectivity index (χ0) is 27.8. The third kappa shape index (κ3) is 4.57. The van der Waals surface area contributed by atoms with Crippen molar-refractivity contribution in [1.82, 2.24) is 40.1 Å². The number of benzene rings is 1. The Bertz CT molecular complexity index is 1620. The summed E-state index contributed by atoms with van der Waals surface area (Å²) in [6.07, 6.45) is 8.85. The highest BCUT2D eigenvalue weighted by molar-refractivity contribution is 6.31. The maximum absolute atomic E-state index is 15.3. The van der Waals surface area contributed by atoms with Crippen molar-refractivity contribution in [3.63, 3.8) is 0 Å². The van der Waals surface area contributed by atoms with E-state index in [0.717, 1.165) is 0 Å². The molecular weight excluding hydrogens is 541 g/mol. The molecule has 12 nitrogen and oxygen atoms in total. The van der Waals surface area contributed by atoms with Crippen molar-refractivity contribution in [1.29, 1.82) is 0 Å². The van der Waals surface area contributed by atoms with Crippen LogP contribution in [0.4, 0.5) is 14.9 Å². The number of halogens is 2. The van der Waals surface area contributed by atoms with E-state index < -0.39 is 11.9 Å². The molecule has 5 heterocycles. The zero-order valence-corrected chi connectivity index (χ0v) is 22.0. The first kappa shape index (κ1) is 25.6. The molecule has 2 amide bonds. The fraction of sp³-hybridized carbons (Fsp3) is 0.269. The number of pyridine rings is 1. The number of H-pyrrole nitrogens is 1. The predicted molar refractivity (Wildman–Crippen MR) is 142 cm³/mol. The first-order valence-corrected chi connectivity index (χ1v) is 13.0. The Morgan fingerprint density at radius 2 is 2.15 bits per heavy atom. The third-order valence-electron chi connectivity index (χ3n) is 7.03. The fourth-order valence-corrected chi connectivity index (χ4v) is 5.50. The second kappa shape index (κ2) is 10.5. The molecule has 0 radical (unpaired) electrons. The van der Waals surface area contributed by atoms with Gasteiger partial charge in [-0.1, -0.05) is 11.6 Å². The molecule has 4 aromatic rings. The second-order valence-electron chi connectivity index (χ2n) is 9.32. The van der Waals surface area contributed by atoms with Gasteiger partial charge in [0.2, 0.25) is 5.91 Å². The number of carbonyl (C=O) groups excluding carboxylic acids is 2. The number of aromatic amines is 1. The Labute approximate surface area is 232 Å². The number of amides is 2. The van der Waals surface area contributed by atoms with Crippen LogP contribution in [0.3, 0.4) is 0 Å². The summed E-state index contributed by atoms with van der Waals surface area (Å²) in [5, 5.41) is 13.8. The lowest BCUT2D eigenvalue weighted by Gasteiger charge is -2.33. The number of hydrogen-bond donors (Lipinski definition) is 2. The smallest absolute Gasteiger partial charge is 0.411 e. The van der Waals surface area contributed by atoms with Crippen LogP contribution >= 0.6 is 11.6 Å². The molecule has 2 aliphatic heterocycles. The number of rotatable bonds is 6. The minimum Gasteiger partial charge on any atom is -0.450 e. The number of fused-ring (bicyclic) bond motifs is 1. The Kier molecular flexibility index (Phi) is 6.72. The van der Waals surface area contributed by atoms with Gasteiger partial charge in [-0.25, -0.2) is 14.2 Å². The third-order valence-corrected chi connectivity index (χ3v) is 7.33. The maximum atomic E-state index is 15.3. The molecule has 0 saturated carbocycles. The van der Waals surface area contributed by atoms with Crippen molar-refractivity contribution in [2.75, 3.05) is 11.9 Å². The standard InChI is InChI=1S/C26H23ClFN9O3/c1-2-40-26(39)33-18-7-8-29-11-16(18)19-12-30-25(32-19)21-5-3-15-9-14(10-22(38)37(15)21)23-20(36-13-31-34-35-36)6-4-17(27)24(23)28/h4,6-8,10-13,15,21H,2-3,5,9H2,1H3,(H,30,32)(H,29,33,39)/t15-,21-/m0/s1. The maximum Gasteiger partial charge on any atom is 0.411 e. The number of aromatic nitrogens is 7. The van der Waals surface area contributed by atoms with E-state index in [1.54, 1.807) is 42.5 Å². The van der Waals surface area contributed by atoms with Gasteiger partial charge in [-0.05, 0) is 60.4 Å². The Hall–Kier alpha value is -4.65.